The molecule has 108 valence electrons. The molecule has 4 heteroatoms. The highest BCUT2D eigenvalue weighted by molar-refractivity contribution is 7.12. The molecular formula is C16H20ClNOS. The average Bonchev–Trinajstić information content (AvgIpc) is 2.75. The monoisotopic (exact) mass is 309 g/mol. The molecule has 0 saturated heterocycles. The van der Waals surface area contributed by atoms with Gasteiger partial charge in [0.1, 0.15) is 5.75 Å². The predicted molar refractivity (Wildman–Crippen MR) is 87.3 cm³/mol. The smallest absolute Gasteiger partial charge is 0.125 e. The van der Waals surface area contributed by atoms with Crippen molar-refractivity contribution in [3.05, 3.63) is 50.2 Å². The molecule has 0 amide bonds. The minimum absolute atomic E-state index is 0.144. The highest BCUT2D eigenvalue weighted by Crippen LogP contribution is 2.37. The van der Waals surface area contributed by atoms with Crippen molar-refractivity contribution < 1.29 is 4.74 Å². The first-order chi connectivity index (χ1) is 9.56. The van der Waals surface area contributed by atoms with Crippen LogP contribution in [0, 0.1) is 13.8 Å². The van der Waals surface area contributed by atoms with Crippen LogP contribution < -0.4 is 10.1 Å². The molecule has 0 aliphatic rings. The van der Waals surface area contributed by atoms with Gasteiger partial charge in [-0.05, 0) is 44.2 Å². The van der Waals surface area contributed by atoms with Gasteiger partial charge in [0.2, 0.25) is 0 Å². The van der Waals surface area contributed by atoms with E-state index in [9.17, 15) is 0 Å². The zero-order valence-electron chi connectivity index (χ0n) is 12.3. The fraction of sp³-hybridized carbons (Fsp3) is 0.375. The lowest BCUT2D eigenvalue weighted by Gasteiger charge is -2.21. The van der Waals surface area contributed by atoms with Gasteiger partial charge in [-0.15, -0.1) is 11.3 Å². The molecular weight excluding hydrogens is 290 g/mol. The maximum Gasteiger partial charge on any atom is 0.125 e. The van der Waals surface area contributed by atoms with Gasteiger partial charge in [0.15, 0.2) is 0 Å². The number of nitrogens with one attached hydrogen (secondary N) is 1. The van der Waals surface area contributed by atoms with Crippen molar-refractivity contribution in [2.75, 3.05) is 13.7 Å². The second-order valence-corrected chi connectivity index (χ2v) is 6.51. The first kappa shape index (κ1) is 15.4. The van der Waals surface area contributed by atoms with E-state index < -0.39 is 0 Å². The van der Waals surface area contributed by atoms with Crippen LogP contribution in [0.3, 0.4) is 0 Å². The Morgan fingerprint density at radius 1 is 1.30 bits per heavy atom. The maximum atomic E-state index is 6.06. The van der Waals surface area contributed by atoms with Crippen molar-refractivity contribution in [1.82, 2.24) is 5.32 Å². The summed E-state index contributed by atoms with van der Waals surface area (Å²) in [5, 5.41) is 4.25. The number of thiophene rings is 1. The molecule has 1 atom stereocenters. The zero-order chi connectivity index (χ0) is 14.7. The quantitative estimate of drug-likeness (QED) is 0.862. The molecule has 2 nitrogen and oxygen atoms in total. The minimum Gasteiger partial charge on any atom is -0.496 e. The van der Waals surface area contributed by atoms with Crippen LogP contribution in [-0.4, -0.2) is 13.7 Å². The van der Waals surface area contributed by atoms with E-state index in [-0.39, 0.29) is 6.04 Å². The molecule has 1 heterocycles. The van der Waals surface area contributed by atoms with Gasteiger partial charge in [0, 0.05) is 20.3 Å². The summed E-state index contributed by atoms with van der Waals surface area (Å²) in [5.41, 5.74) is 2.44. The molecule has 2 rings (SSSR count). The summed E-state index contributed by atoms with van der Waals surface area (Å²) in [7, 11) is 1.69. The number of aryl methyl sites for hydroxylation is 2. The first-order valence-corrected chi connectivity index (χ1v) is 7.90. The maximum absolute atomic E-state index is 6.06. The second-order valence-electron chi connectivity index (χ2n) is 4.78. The Bertz CT molecular complexity index is 594. The minimum atomic E-state index is 0.144. The van der Waals surface area contributed by atoms with Crippen LogP contribution >= 0.6 is 22.9 Å². The van der Waals surface area contributed by atoms with Crippen molar-refractivity contribution in [3.8, 4) is 5.75 Å². The number of hydrogen-bond acceptors (Lipinski definition) is 3. The summed E-state index contributed by atoms with van der Waals surface area (Å²) in [6.07, 6.45) is 0. The van der Waals surface area contributed by atoms with E-state index in [4.69, 9.17) is 16.3 Å². The van der Waals surface area contributed by atoms with E-state index >= 15 is 0 Å². The summed E-state index contributed by atoms with van der Waals surface area (Å²) in [4.78, 5) is 2.67. The van der Waals surface area contributed by atoms with Crippen molar-refractivity contribution in [1.29, 1.82) is 0 Å². The van der Waals surface area contributed by atoms with E-state index in [1.165, 1.54) is 15.3 Å². The molecule has 1 aromatic carbocycles. The van der Waals surface area contributed by atoms with Crippen LogP contribution in [0.25, 0.3) is 0 Å². The zero-order valence-corrected chi connectivity index (χ0v) is 13.9. The van der Waals surface area contributed by atoms with Crippen LogP contribution in [0.1, 0.15) is 33.8 Å². The third kappa shape index (κ3) is 3.17. The summed E-state index contributed by atoms with van der Waals surface area (Å²) < 4.78 is 5.50. The molecule has 0 bridgehead atoms. The number of halogens is 1. The van der Waals surface area contributed by atoms with Crippen molar-refractivity contribution in [3.63, 3.8) is 0 Å². The lowest BCUT2D eigenvalue weighted by Crippen LogP contribution is -2.22. The van der Waals surface area contributed by atoms with Gasteiger partial charge in [-0.2, -0.15) is 0 Å². The fourth-order valence-electron chi connectivity index (χ4n) is 2.42. The molecule has 1 aromatic heterocycles. The molecule has 1 unspecified atom stereocenters. The Labute approximate surface area is 129 Å². The summed E-state index contributed by atoms with van der Waals surface area (Å²) in [6, 6.07) is 8.21. The topological polar surface area (TPSA) is 21.3 Å². The van der Waals surface area contributed by atoms with E-state index in [1.807, 2.05) is 29.5 Å². The third-order valence-electron chi connectivity index (χ3n) is 3.26. The van der Waals surface area contributed by atoms with Crippen molar-refractivity contribution in [2.45, 2.75) is 26.8 Å². The molecule has 0 saturated carbocycles. The lowest BCUT2D eigenvalue weighted by atomic mass is 10.0. The van der Waals surface area contributed by atoms with Crippen LogP contribution in [0.4, 0.5) is 0 Å². The van der Waals surface area contributed by atoms with Gasteiger partial charge < -0.3 is 10.1 Å². The van der Waals surface area contributed by atoms with Crippen LogP contribution in [0.5, 0.6) is 5.75 Å². The average molecular weight is 310 g/mol. The van der Waals surface area contributed by atoms with E-state index in [1.54, 1.807) is 7.11 Å². The molecule has 2 aromatic rings. The van der Waals surface area contributed by atoms with Gasteiger partial charge in [-0.1, -0.05) is 24.6 Å². The van der Waals surface area contributed by atoms with Crippen LogP contribution in [0.2, 0.25) is 5.02 Å². The molecule has 0 aliphatic heterocycles. The Balaban J connectivity index is 2.51. The number of rotatable bonds is 5. The van der Waals surface area contributed by atoms with E-state index in [0.717, 1.165) is 17.9 Å². The molecule has 0 fully saturated rings. The molecule has 1 N–H and O–H groups in total. The summed E-state index contributed by atoms with van der Waals surface area (Å²) in [5.74, 6) is 0.828. The largest absolute Gasteiger partial charge is 0.496 e. The van der Waals surface area contributed by atoms with Gasteiger partial charge >= 0.3 is 0 Å². The summed E-state index contributed by atoms with van der Waals surface area (Å²) in [6.45, 7) is 7.31. The van der Waals surface area contributed by atoms with Gasteiger partial charge in [-0.25, -0.2) is 0 Å². The SMILES string of the molecule is CCNC(c1ccc(Cl)cc1OC)c1sc(C)cc1C. The highest BCUT2D eigenvalue weighted by atomic mass is 35.5. The number of benzene rings is 1. The summed E-state index contributed by atoms with van der Waals surface area (Å²) >= 11 is 7.89. The Hall–Kier alpha value is -1.03. The Morgan fingerprint density at radius 3 is 2.60 bits per heavy atom. The van der Waals surface area contributed by atoms with E-state index in [0.29, 0.717) is 5.02 Å². The van der Waals surface area contributed by atoms with Crippen molar-refractivity contribution >= 4 is 22.9 Å². The highest BCUT2D eigenvalue weighted by Gasteiger charge is 2.21. The Kier molecular flexibility index (Phi) is 5.08. The third-order valence-corrected chi connectivity index (χ3v) is 4.71. The predicted octanol–water partition coefficient (Wildman–Crippen LogP) is 4.73. The van der Waals surface area contributed by atoms with Crippen LogP contribution in [0.15, 0.2) is 24.3 Å². The first-order valence-electron chi connectivity index (χ1n) is 6.70. The second kappa shape index (κ2) is 6.61. The van der Waals surface area contributed by atoms with E-state index in [2.05, 4.69) is 32.2 Å². The Morgan fingerprint density at radius 2 is 2.05 bits per heavy atom. The number of hydrogen-bond donors (Lipinski definition) is 1. The van der Waals surface area contributed by atoms with Gasteiger partial charge in [0.05, 0.1) is 13.2 Å². The number of ether oxygens (including phenoxy) is 1. The molecule has 0 aliphatic carbocycles. The van der Waals surface area contributed by atoms with Gasteiger partial charge in [0.25, 0.3) is 0 Å². The molecule has 0 radical (unpaired) electrons. The molecule has 20 heavy (non-hydrogen) atoms. The van der Waals surface area contributed by atoms with Crippen LogP contribution in [-0.2, 0) is 0 Å². The standard InChI is InChI=1S/C16H20ClNOS/c1-5-18-15(16-10(2)8-11(3)20-16)13-7-6-12(17)9-14(13)19-4/h6-9,15,18H,5H2,1-4H3. The van der Waals surface area contributed by atoms with Crippen molar-refractivity contribution in [2.24, 2.45) is 0 Å². The lowest BCUT2D eigenvalue weighted by molar-refractivity contribution is 0.404. The molecule has 0 spiro atoms. The van der Waals surface area contributed by atoms with Gasteiger partial charge in [-0.3, -0.25) is 0 Å². The number of methoxy groups -OCH3 is 1. The fourth-order valence-corrected chi connectivity index (χ4v) is 3.71. The normalized spacial score (nSPS) is 12.4.